The SMILES string of the molecule is Cn1nc(C2CCC(=O)NC2=O)c2ccc(N3CC[C@@H](CN4CCC(c5ccc(OCc6ccc(N7CCC8=C(C7)C(C(=O)Nc7nc9ccccc9s7)CC=C8)nc6C(=O)O)cc5)CC4)C3)cc21. The number of rotatable bonds is 12. The van der Waals surface area contributed by atoms with Crippen LogP contribution in [-0.2, 0) is 28.0 Å². The van der Waals surface area contributed by atoms with Crippen molar-refractivity contribution in [3.63, 3.8) is 0 Å². The summed E-state index contributed by atoms with van der Waals surface area (Å²) < 4.78 is 9.03. The van der Waals surface area contributed by atoms with E-state index >= 15 is 0 Å². The monoisotopic (exact) mass is 945 g/mol. The number of aromatic nitrogens is 4. The number of likely N-dealkylation sites (tertiary alicyclic amines) is 1. The molecule has 69 heavy (non-hydrogen) atoms. The molecule has 3 atom stereocenters. The van der Waals surface area contributed by atoms with Crippen LogP contribution in [0.1, 0.15) is 84.1 Å². The zero-order chi connectivity index (χ0) is 47.2. The molecular formula is C53H55N9O6S. The lowest BCUT2D eigenvalue weighted by atomic mass is 9.83. The van der Waals surface area contributed by atoms with Gasteiger partial charge < -0.3 is 29.9 Å². The van der Waals surface area contributed by atoms with Crippen LogP contribution in [0.3, 0.4) is 0 Å². The van der Waals surface area contributed by atoms with Gasteiger partial charge in [-0.3, -0.25) is 24.4 Å². The molecule has 0 saturated carbocycles. The quantitative estimate of drug-likeness (QED) is 0.102. The van der Waals surface area contributed by atoms with Crippen molar-refractivity contribution in [3.8, 4) is 5.75 Å². The van der Waals surface area contributed by atoms with Crippen molar-refractivity contribution in [1.82, 2.24) is 30.0 Å². The number of anilines is 3. The molecule has 15 nitrogen and oxygen atoms in total. The fraction of sp³-hybridized carbons (Fsp3) is 0.377. The summed E-state index contributed by atoms with van der Waals surface area (Å²) in [6.45, 7) is 6.41. The Morgan fingerprint density at radius 2 is 1.75 bits per heavy atom. The smallest absolute Gasteiger partial charge is 0.354 e. The van der Waals surface area contributed by atoms with Gasteiger partial charge in [-0.15, -0.1) is 0 Å². The largest absolute Gasteiger partial charge is 0.489 e. The van der Waals surface area contributed by atoms with E-state index in [0.29, 0.717) is 66.5 Å². The van der Waals surface area contributed by atoms with Crippen molar-refractivity contribution in [2.45, 2.75) is 63.4 Å². The van der Waals surface area contributed by atoms with Gasteiger partial charge in [0.2, 0.25) is 17.7 Å². The van der Waals surface area contributed by atoms with Gasteiger partial charge in [0.1, 0.15) is 18.2 Å². The van der Waals surface area contributed by atoms with E-state index < -0.39 is 11.9 Å². The van der Waals surface area contributed by atoms with Crippen LogP contribution >= 0.6 is 11.3 Å². The molecule has 3 N–H and O–H groups in total. The number of imide groups is 1. The van der Waals surface area contributed by atoms with E-state index in [1.54, 1.807) is 6.07 Å². The predicted molar refractivity (Wildman–Crippen MR) is 266 cm³/mol. The first kappa shape index (κ1) is 44.6. The van der Waals surface area contributed by atoms with E-state index in [-0.39, 0.29) is 35.9 Å². The van der Waals surface area contributed by atoms with Gasteiger partial charge in [-0.1, -0.05) is 47.8 Å². The van der Waals surface area contributed by atoms with Crippen molar-refractivity contribution in [2.24, 2.45) is 18.9 Å². The van der Waals surface area contributed by atoms with Crippen molar-refractivity contribution < 1.29 is 29.0 Å². The molecule has 3 saturated heterocycles. The van der Waals surface area contributed by atoms with E-state index in [1.165, 1.54) is 22.6 Å². The van der Waals surface area contributed by atoms with Crippen LogP contribution in [0.4, 0.5) is 16.6 Å². The van der Waals surface area contributed by atoms with Gasteiger partial charge >= 0.3 is 5.97 Å². The maximum atomic E-state index is 13.6. The van der Waals surface area contributed by atoms with Crippen LogP contribution in [0, 0.1) is 11.8 Å². The number of carboxylic acids is 1. The second-order valence-electron chi connectivity index (χ2n) is 19.1. The Balaban J connectivity index is 0.658. The number of allylic oxidation sites excluding steroid dienone is 2. The van der Waals surface area contributed by atoms with E-state index in [2.05, 4.69) is 77.8 Å². The van der Waals surface area contributed by atoms with Crippen LogP contribution in [0.5, 0.6) is 5.75 Å². The molecule has 354 valence electrons. The first-order valence-corrected chi connectivity index (χ1v) is 25.0. The number of ether oxygens (including phenoxy) is 1. The molecule has 6 aromatic rings. The number of carbonyl (C=O) groups excluding carboxylic acids is 3. The minimum atomic E-state index is -1.11. The predicted octanol–water partition coefficient (Wildman–Crippen LogP) is 7.80. The molecule has 5 aliphatic rings. The normalized spacial score (nSPS) is 21.3. The molecule has 3 aromatic heterocycles. The number of thiazole rings is 1. The van der Waals surface area contributed by atoms with E-state index in [1.807, 2.05) is 54.2 Å². The molecule has 0 radical (unpaired) electrons. The Kier molecular flexibility index (Phi) is 12.2. The molecule has 11 rings (SSSR count). The highest BCUT2D eigenvalue weighted by molar-refractivity contribution is 7.22. The standard InChI is InChI=1S/C53H55N9O6S/c1-59-44-27-37(12-15-40(44)49(58-59)41-16-18-47(63)56-51(41)65)61-25-19-32(29-61)28-60-23-20-34(21-24-60)33-9-13-38(14-10-33)68-31-36-11-17-46(55-48(36)52(66)67)62-26-22-35-5-4-6-39(42(35)30-62)50(64)57-53-54-43-7-2-3-8-45(43)69-53/h2-5,7-15,17,27,32,34,39,41H,6,16,18-26,28-31H2,1H3,(H,66,67)(H,54,57,64)(H,56,63,65)/t32-,39?,41?/m0/s1. The molecule has 0 bridgehead atoms. The summed E-state index contributed by atoms with van der Waals surface area (Å²) in [4.78, 5) is 66.9. The Morgan fingerprint density at radius 1 is 0.913 bits per heavy atom. The number of hydrogen-bond donors (Lipinski definition) is 3. The van der Waals surface area contributed by atoms with E-state index in [9.17, 15) is 24.3 Å². The first-order valence-electron chi connectivity index (χ1n) is 24.1. The minimum absolute atomic E-state index is 0.0390. The average Bonchev–Trinajstić information content (AvgIpc) is 4.10. The van der Waals surface area contributed by atoms with Crippen LogP contribution in [0.15, 0.2) is 102 Å². The lowest BCUT2D eigenvalue weighted by Gasteiger charge is -2.35. The number of benzene rings is 3. The molecule has 0 spiro atoms. The van der Waals surface area contributed by atoms with Crippen molar-refractivity contribution in [3.05, 3.63) is 125 Å². The number of aryl methyl sites for hydroxylation is 1. The van der Waals surface area contributed by atoms with Crippen LogP contribution in [-0.4, -0.2) is 99.3 Å². The Hall–Kier alpha value is -6.91. The van der Waals surface area contributed by atoms with Gasteiger partial charge in [0.15, 0.2) is 10.8 Å². The zero-order valence-electron chi connectivity index (χ0n) is 38.6. The van der Waals surface area contributed by atoms with E-state index in [4.69, 9.17) is 9.84 Å². The number of aromatic carboxylic acids is 1. The maximum absolute atomic E-state index is 13.6. The first-order chi connectivity index (χ1) is 33.6. The Bertz CT molecular complexity index is 3010. The zero-order valence-corrected chi connectivity index (χ0v) is 39.4. The molecule has 3 fully saturated rings. The number of carbonyl (C=O) groups is 4. The molecule has 4 aliphatic heterocycles. The summed E-state index contributed by atoms with van der Waals surface area (Å²) in [7, 11) is 1.92. The topological polar surface area (TPSA) is 175 Å². The molecule has 3 aromatic carbocycles. The number of nitrogens with one attached hydrogen (secondary N) is 2. The van der Waals surface area contributed by atoms with Crippen molar-refractivity contribution in [2.75, 3.05) is 60.9 Å². The van der Waals surface area contributed by atoms with Crippen LogP contribution in [0.25, 0.3) is 21.1 Å². The Labute approximate surface area is 403 Å². The third-order valence-corrected chi connectivity index (χ3v) is 15.8. The molecular weight excluding hydrogens is 891 g/mol. The summed E-state index contributed by atoms with van der Waals surface area (Å²) in [5, 5.41) is 22.1. The minimum Gasteiger partial charge on any atom is -0.489 e. The van der Waals surface area contributed by atoms with Crippen molar-refractivity contribution >= 4 is 72.8 Å². The summed E-state index contributed by atoms with van der Waals surface area (Å²) in [6, 6.07) is 26.1. The van der Waals surface area contributed by atoms with Gasteiger partial charge in [-0.05, 0) is 135 Å². The highest BCUT2D eigenvalue weighted by Gasteiger charge is 2.34. The molecule has 16 heteroatoms. The van der Waals surface area contributed by atoms with Gasteiger partial charge in [-0.25, -0.2) is 14.8 Å². The summed E-state index contributed by atoms with van der Waals surface area (Å²) in [5.41, 5.74) is 7.70. The highest BCUT2D eigenvalue weighted by Crippen LogP contribution is 2.37. The molecule has 2 unspecified atom stereocenters. The van der Waals surface area contributed by atoms with Crippen LogP contribution < -0.4 is 25.2 Å². The van der Waals surface area contributed by atoms with E-state index in [0.717, 1.165) is 96.4 Å². The number of para-hydroxylation sites is 1. The van der Waals surface area contributed by atoms with Crippen LogP contribution in [0.2, 0.25) is 0 Å². The summed E-state index contributed by atoms with van der Waals surface area (Å²) in [6.07, 6.45) is 9.63. The fourth-order valence-electron chi connectivity index (χ4n) is 11.1. The summed E-state index contributed by atoms with van der Waals surface area (Å²) >= 11 is 1.46. The number of nitrogens with zero attached hydrogens (tertiary/aromatic N) is 7. The third-order valence-electron chi connectivity index (χ3n) is 14.8. The second kappa shape index (κ2) is 18.9. The lowest BCUT2D eigenvalue weighted by Crippen LogP contribution is -2.39. The number of pyridine rings is 1. The fourth-order valence-corrected chi connectivity index (χ4v) is 11.9. The third kappa shape index (κ3) is 9.22. The maximum Gasteiger partial charge on any atom is 0.354 e. The lowest BCUT2D eigenvalue weighted by molar-refractivity contribution is -0.134. The molecule has 7 heterocycles. The number of hydrogen-bond acceptors (Lipinski definition) is 12. The highest BCUT2D eigenvalue weighted by atomic mass is 32.1. The van der Waals surface area contributed by atoms with Crippen molar-refractivity contribution in [1.29, 1.82) is 0 Å². The number of amides is 3. The second-order valence-corrected chi connectivity index (χ2v) is 20.1. The van der Waals surface area contributed by atoms with Gasteiger partial charge in [0.05, 0.1) is 33.3 Å². The average molecular weight is 946 g/mol. The number of carboxylic acid groups (broad SMARTS) is 1. The van der Waals surface area contributed by atoms with Gasteiger partial charge in [-0.2, -0.15) is 5.10 Å². The summed E-state index contributed by atoms with van der Waals surface area (Å²) in [5.74, 6) is -0.156. The molecule has 3 amide bonds. The van der Waals surface area contributed by atoms with Gasteiger partial charge in [0.25, 0.3) is 0 Å². The van der Waals surface area contributed by atoms with Gasteiger partial charge in [0, 0.05) is 62.8 Å². The Morgan fingerprint density at radius 3 is 2.57 bits per heavy atom. The molecule has 1 aliphatic carbocycles. The number of fused-ring (bicyclic) bond motifs is 2. The number of piperidine rings is 2.